The third-order valence-corrected chi connectivity index (χ3v) is 7.87. The van der Waals surface area contributed by atoms with Crippen molar-refractivity contribution in [2.75, 3.05) is 44.2 Å². The maximum absolute atomic E-state index is 13.5. The topological polar surface area (TPSA) is 78.8 Å². The summed E-state index contributed by atoms with van der Waals surface area (Å²) in [6, 6.07) is 7.55. The maximum Gasteiger partial charge on any atom is 0.263 e. The second-order valence-electron chi connectivity index (χ2n) is 7.98. The van der Waals surface area contributed by atoms with Crippen molar-refractivity contribution in [3.05, 3.63) is 41.0 Å². The number of hydrogen-bond acceptors (Lipinski definition) is 5. The molecule has 2 aromatic rings. The molecular formula is C21H28ClN5O3S. The van der Waals surface area contributed by atoms with Crippen molar-refractivity contribution in [2.24, 2.45) is 0 Å². The van der Waals surface area contributed by atoms with Gasteiger partial charge in [-0.3, -0.25) is 9.48 Å². The number of halogens is 1. The molecule has 2 aliphatic heterocycles. The number of nitrogens with zero attached hydrogens (tertiary/aromatic N) is 5. The number of aromatic nitrogens is 2. The fraction of sp³-hybridized carbons (Fsp3) is 0.524. The molecule has 4 rings (SSSR count). The minimum absolute atomic E-state index is 0.117. The second kappa shape index (κ2) is 9.18. The highest BCUT2D eigenvalue weighted by atomic mass is 35.5. The number of amides is 1. The Labute approximate surface area is 188 Å². The molecule has 0 saturated carbocycles. The zero-order valence-corrected chi connectivity index (χ0v) is 19.3. The Balaban J connectivity index is 1.56. The zero-order valence-electron chi connectivity index (χ0n) is 17.7. The predicted octanol–water partition coefficient (Wildman–Crippen LogP) is 2.69. The van der Waals surface area contributed by atoms with Crippen LogP contribution in [0, 0.1) is 0 Å². The predicted molar refractivity (Wildman–Crippen MR) is 120 cm³/mol. The second-order valence-corrected chi connectivity index (χ2v) is 10.3. The van der Waals surface area contributed by atoms with Gasteiger partial charge in [0.15, 0.2) is 0 Å². The summed E-state index contributed by atoms with van der Waals surface area (Å²) in [5, 5.41) is 4.87. The standard InChI is InChI=1S/C21H28ClN5O3S/c1-2-8-26-16-19(21(28)25-9-3-4-10-25)20(23-26)31(29,30)27-13-11-24(12-14-27)18-7-5-6-17(22)15-18/h5-7,15-16H,2-4,8-14H2,1H3. The smallest absolute Gasteiger partial charge is 0.263 e. The molecule has 0 atom stereocenters. The van der Waals surface area contributed by atoms with Crippen molar-refractivity contribution in [1.82, 2.24) is 19.0 Å². The van der Waals surface area contributed by atoms with E-state index in [0.717, 1.165) is 24.9 Å². The van der Waals surface area contributed by atoms with E-state index in [9.17, 15) is 13.2 Å². The van der Waals surface area contributed by atoms with Gasteiger partial charge < -0.3 is 9.80 Å². The highest BCUT2D eigenvalue weighted by Gasteiger charge is 2.36. The van der Waals surface area contributed by atoms with Gasteiger partial charge in [0.25, 0.3) is 15.9 Å². The van der Waals surface area contributed by atoms with Crippen LogP contribution >= 0.6 is 11.6 Å². The van der Waals surface area contributed by atoms with E-state index in [1.54, 1.807) is 15.8 Å². The van der Waals surface area contributed by atoms with Crippen LogP contribution in [0.4, 0.5) is 5.69 Å². The van der Waals surface area contributed by atoms with Crippen LogP contribution in [0.15, 0.2) is 35.5 Å². The molecule has 0 bridgehead atoms. The van der Waals surface area contributed by atoms with Crippen LogP contribution in [0.5, 0.6) is 0 Å². The molecule has 2 aliphatic rings. The number of carbonyl (C=O) groups excluding carboxylic acids is 1. The Morgan fingerprint density at radius 1 is 1.10 bits per heavy atom. The average molecular weight is 466 g/mol. The van der Waals surface area contributed by atoms with Crippen LogP contribution in [0.25, 0.3) is 0 Å². The number of aryl methyl sites for hydroxylation is 1. The van der Waals surface area contributed by atoms with E-state index in [2.05, 4.69) is 10.00 Å². The van der Waals surface area contributed by atoms with Crippen molar-refractivity contribution < 1.29 is 13.2 Å². The highest BCUT2D eigenvalue weighted by molar-refractivity contribution is 7.89. The molecule has 1 aromatic carbocycles. The first-order valence-electron chi connectivity index (χ1n) is 10.8. The Morgan fingerprint density at radius 2 is 1.81 bits per heavy atom. The van der Waals surface area contributed by atoms with Gasteiger partial charge in [-0.05, 0) is 37.5 Å². The molecular weight excluding hydrogens is 438 g/mol. The number of benzene rings is 1. The molecule has 0 radical (unpaired) electrons. The molecule has 3 heterocycles. The van der Waals surface area contributed by atoms with E-state index in [4.69, 9.17) is 11.6 Å². The molecule has 2 saturated heterocycles. The van der Waals surface area contributed by atoms with Crippen molar-refractivity contribution >= 4 is 33.2 Å². The summed E-state index contributed by atoms with van der Waals surface area (Å²) in [4.78, 5) is 16.9. The lowest BCUT2D eigenvalue weighted by atomic mass is 10.2. The van der Waals surface area contributed by atoms with E-state index in [1.807, 2.05) is 31.2 Å². The summed E-state index contributed by atoms with van der Waals surface area (Å²) in [6.07, 6.45) is 4.29. The lowest BCUT2D eigenvalue weighted by Gasteiger charge is -2.35. The van der Waals surface area contributed by atoms with Crippen LogP contribution in [0.1, 0.15) is 36.5 Å². The highest BCUT2D eigenvalue weighted by Crippen LogP contribution is 2.26. The normalized spacial score (nSPS) is 18.0. The van der Waals surface area contributed by atoms with Crippen LogP contribution in [0.2, 0.25) is 5.02 Å². The Morgan fingerprint density at radius 3 is 2.45 bits per heavy atom. The molecule has 10 heteroatoms. The van der Waals surface area contributed by atoms with E-state index >= 15 is 0 Å². The first-order valence-corrected chi connectivity index (χ1v) is 12.6. The number of carbonyl (C=O) groups is 1. The summed E-state index contributed by atoms with van der Waals surface area (Å²) < 4.78 is 30.0. The maximum atomic E-state index is 13.5. The van der Waals surface area contributed by atoms with Crippen molar-refractivity contribution in [3.63, 3.8) is 0 Å². The van der Waals surface area contributed by atoms with E-state index in [0.29, 0.717) is 50.8 Å². The van der Waals surface area contributed by atoms with Crippen LogP contribution in [0.3, 0.4) is 0 Å². The Bertz CT molecular complexity index is 1040. The molecule has 0 spiro atoms. The number of sulfonamides is 1. The van der Waals surface area contributed by atoms with E-state index in [1.165, 1.54) is 4.31 Å². The van der Waals surface area contributed by atoms with Crippen LogP contribution < -0.4 is 4.90 Å². The number of rotatable bonds is 6. The summed E-state index contributed by atoms with van der Waals surface area (Å²) in [6.45, 7) is 5.63. The number of likely N-dealkylation sites (tertiary alicyclic amines) is 1. The van der Waals surface area contributed by atoms with Gasteiger partial charge >= 0.3 is 0 Å². The third kappa shape index (κ3) is 4.58. The molecule has 8 nitrogen and oxygen atoms in total. The largest absolute Gasteiger partial charge is 0.369 e. The minimum atomic E-state index is -3.88. The lowest BCUT2D eigenvalue weighted by molar-refractivity contribution is 0.0788. The third-order valence-electron chi connectivity index (χ3n) is 5.80. The quantitative estimate of drug-likeness (QED) is 0.655. The average Bonchev–Trinajstić information content (AvgIpc) is 3.44. The van der Waals surface area contributed by atoms with Crippen LogP contribution in [-0.2, 0) is 16.6 Å². The first kappa shape index (κ1) is 22.1. The molecule has 0 aliphatic carbocycles. The van der Waals surface area contributed by atoms with Gasteiger partial charge in [0.05, 0.1) is 5.56 Å². The molecule has 0 N–H and O–H groups in total. The zero-order chi connectivity index (χ0) is 22.0. The van der Waals surface area contributed by atoms with Gasteiger partial charge in [0, 0.05) is 62.7 Å². The van der Waals surface area contributed by atoms with Gasteiger partial charge in [-0.1, -0.05) is 24.6 Å². The number of anilines is 1. The van der Waals surface area contributed by atoms with Crippen LogP contribution in [-0.4, -0.2) is 72.6 Å². The van der Waals surface area contributed by atoms with Gasteiger partial charge in [0.2, 0.25) is 5.03 Å². The molecule has 168 valence electrons. The van der Waals surface area contributed by atoms with Gasteiger partial charge in [0.1, 0.15) is 0 Å². The van der Waals surface area contributed by atoms with Gasteiger partial charge in [-0.15, -0.1) is 0 Å². The van der Waals surface area contributed by atoms with E-state index < -0.39 is 10.0 Å². The molecule has 31 heavy (non-hydrogen) atoms. The summed E-state index contributed by atoms with van der Waals surface area (Å²) in [5.41, 5.74) is 1.16. The number of piperazine rings is 1. The summed E-state index contributed by atoms with van der Waals surface area (Å²) in [7, 11) is -3.88. The lowest BCUT2D eigenvalue weighted by Crippen LogP contribution is -2.49. The Hall–Kier alpha value is -2.10. The molecule has 1 aromatic heterocycles. The SMILES string of the molecule is CCCn1cc(C(=O)N2CCCC2)c(S(=O)(=O)N2CCN(c3cccc(Cl)c3)CC2)n1. The molecule has 0 unspecified atom stereocenters. The van der Waals surface area contributed by atoms with Gasteiger partial charge in [-0.25, -0.2) is 8.42 Å². The van der Waals surface area contributed by atoms with Crippen molar-refractivity contribution in [2.45, 2.75) is 37.8 Å². The summed E-state index contributed by atoms with van der Waals surface area (Å²) in [5.74, 6) is -0.240. The summed E-state index contributed by atoms with van der Waals surface area (Å²) >= 11 is 6.09. The Kier molecular flexibility index (Phi) is 6.55. The molecule has 1 amide bonds. The van der Waals surface area contributed by atoms with Gasteiger partial charge in [-0.2, -0.15) is 9.40 Å². The van der Waals surface area contributed by atoms with E-state index in [-0.39, 0.29) is 16.5 Å². The molecule has 2 fully saturated rings. The fourth-order valence-corrected chi connectivity index (χ4v) is 5.86. The fourth-order valence-electron chi connectivity index (χ4n) is 4.16. The first-order chi connectivity index (χ1) is 14.9. The number of hydrogen-bond donors (Lipinski definition) is 0. The monoisotopic (exact) mass is 465 g/mol. The minimum Gasteiger partial charge on any atom is -0.369 e. The van der Waals surface area contributed by atoms with Crippen molar-refractivity contribution in [3.8, 4) is 0 Å². The van der Waals surface area contributed by atoms with Crippen molar-refractivity contribution in [1.29, 1.82) is 0 Å².